The van der Waals surface area contributed by atoms with Gasteiger partial charge in [0, 0.05) is 12.4 Å². The van der Waals surface area contributed by atoms with Crippen LogP contribution < -0.4 is 4.74 Å². The minimum atomic E-state index is -2.63. The molecule has 90 valence electrons. The van der Waals surface area contributed by atoms with Crippen LogP contribution in [0, 0.1) is 0 Å². The second-order valence-corrected chi connectivity index (χ2v) is 3.31. The van der Waals surface area contributed by atoms with Crippen molar-refractivity contribution in [3.63, 3.8) is 0 Å². The molecule has 0 bridgehead atoms. The first-order chi connectivity index (χ1) is 8.16. The van der Waals surface area contributed by atoms with Gasteiger partial charge in [-0.05, 0) is 24.3 Å². The molecule has 0 radical (unpaired) electrons. The van der Waals surface area contributed by atoms with Crippen molar-refractivity contribution in [3.05, 3.63) is 42.5 Å². The van der Waals surface area contributed by atoms with Crippen LogP contribution in [-0.4, -0.2) is 14.7 Å². The lowest BCUT2D eigenvalue weighted by Gasteiger charge is -2.08. The summed E-state index contributed by atoms with van der Waals surface area (Å²) in [5.41, 5.74) is 0. The highest BCUT2D eigenvalue weighted by molar-refractivity contribution is 5.30. The smallest absolute Gasteiger partial charge is 0.320 e. The molecule has 2 aromatic rings. The number of aromatic hydroxyl groups is 1. The van der Waals surface area contributed by atoms with E-state index in [1.807, 2.05) is 0 Å². The van der Waals surface area contributed by atoms with Crippen molar-refractivity contribution in [2.24, 2.45) is 0 Å². The zero-order valence-corrected chi connectivity index (χ0v) is 8.75. The molecule has 1 aromatic carbocycles. The summed E-state index contributed by atoms with van der Waals surface area (Å²) in [6.45, 7) is -2.68. The summed E-state index contributed by atoms with van der Waals surface area (Å²) in [5.74, 6) is 0.742. The minimum absolute atomic E-state index is 0.0535. The van der Waals surface area contributed by atoms with Crippen LogP contribution in [0.25, 0.3) is 0 Å². The number of benzene rings is 1. The van der Waals surface area contributed by atoms with E-state index in [9.17, 15) is 8.78 Å². The Morgan fingerprint density at radius 1 is 1.29 bits per heavy atom. The molecular formula is C11H10F2N2O2. The molecule has 0 fully saturated rings. The number of phenols is 1. The van der Waals surface area contributed by atoms with E-state index in [4.69, 9.17) is 9.84 Å². The molecule has 0 aliphatic heterocycles. The Hall–Kier alpha value is -2.11. The maximum absolute atomic E-state index is 12.5. The van der Waals surface area contributed by atoms with Gasteiger partial charge in [0.2, 0.25) is 0 Å². The number of aromatic nitrogens is 2. The summed E-state index contributed by atoms with van der Waals surface area (Å²) >= 11 is 0. The average Bonchev–Trinajstić information content (AvgIpc) is 2.76. The fourth-order valence-corrected chi connectivity index (χ4v) is 1.32. The first-order valence-electron chi connectivity index (χ1n) is 4.88. The maximum Gasteiger partial charge on any atom is 0.320 e. The highest BCUT2D eigenvalue weighted by Crippen LogP contribution is 2.18. The molecule has 0 spiro atoms. The van der Waals surface area contributed by atoms with Gasteiger partial charge in [-0.3, -0.25) is 4.57 Å². The molecule has 1 aromatic heterocycles. The molecule has 1 heterocycles. The summed E-state index contributed by atoms with van der Waals surface area (Å²) in [6, 6.07) is 6.00. The molecule has 0 aliphatic carbocycles. The van der Waals surface area contributed by atoms with E-state index in [-0.39, 0.29) is 18.2 Å². The summed E-state index contributed by atoms with van der Waals surface area (Å²) in [4.78, 5) is 3.78. The monoisotopic (exact) mass is 240 g/mol. The van der Waals surface area contributed by atoms with Crippen LogP contribution in [0.3, 0.4) is 0 Å². The number of hydrogen-bond donors (Lipinski definition) is 1. The normalized spacial score (nSPS) is 10.8. The van der Waals surface area contributed by atoms with E-state index in [0.717, 1.165) is 4.57 Å². The summed E-state index contributed by atoms with van der Waals surface area (Å²) in [5, 5.41) is 9.05. The predicted octanol–water partition coefficient (Wildman–Crippen LogP) is 2.56. The van der Waals surface area contributed by atoms with Gasteiger partial charge >= 0.3 is 6.55 Å². The molecule has 2 rings (SSSR count). The van der Waals surface area contributed by atoms with Crippen molar-refractivity contribution < 1.29 is 18.6 Å². The Labute approximate surface area is 96.1 Å². The molecule has 0 saturated heterocycles. The maximum atomic E-state index is 12.5. The number of phenolic OH excluding ortho intramolecular Hbond substituents is 1. The molecular weight excluding hydrogens is 230 g/mol. The Balaban J connectivity index is 2.02. The number of alkyl halides is 2. The van der Waals surface area contributed by atoms with Crippen molar-refractivity contribution in [1.29, 1.82) is 0 Å². The number of halogens is 2. The van der Waals surface area contributed by atoms with Crippen molar-refractivity contribution in [2.75, 3.05) is 0 Å². The van der Waals surface area contributed by atoms with Gasteiger partial charge < -0.3 is 9.84 Å². The molecule has 1 N–H and O–H groups in total. The van der Waals surface area contributed by atoms with E-state index in [1.54, 1.807) is 12.1 Å². The van der Waals surface area contributed by atoms with Crippen molar-refractivity contribution in [1.82, 2.24) is 9.55 Å². The van der Waals surface area contributed by atoms with Crippen molar-refractivity contribution in [3.8, 4) is 11.5 Å². The third-order valence-electron chi connectivity index (χ3n) is 2.16. The van der Waals surface area contributed by atoms with E-state index in [1.165, 1.54) is 24.5 Å². The quantitative estimate of drug-likeness (QED) is 0.893. The second kappa shape index (κ2) is 4.82. The lowest BCUT2D eigenvalue weighted by Crippen LogP contribution is -2.07. The Kier molecular flexibility index (Phi) is 3.22. The third-order valence-corrected chi connectivity index (χ3v) is 2.16. The first kappa shape index (κ1) is 11.4. The largest absolute Gasteiger partial charge is 0.508 e. The lowest BCUT2D eigenvalue weighted by atomic mass is 10.3. The Morgan fingerprint density at radius 3 is 2.65 bits per heavy atom. The highest BCUT2D eigenvalue weighted by atomic mass is 19.3. The van der Waals surface area contributed by atoms with Crippen LogP contribution in [-0.2, 0) is 6.61 Å². The van der Waals surface area contributed by atoms with Crippen molar-refractivity contribution >= 4 is 0 Å². The fraction of sp³-hybridized carbons (Fsp3) is 0.182. The number of rotatable bonds is 4. The number of hydrogen-bond acceptors (Lipinski definition) is 3. The van der Waals surface area contributed by atoms with Crippen LogP contribution in [0.1, 0.15) is 12.4 Å². The number of nitrogens with zero attached hydrogens (tertiary/aromatic N) is 2. The van der Waals surface area contributed by atoms with Crippen LogP contribution in [0.4, 0.5) is 8.78 Å². The molecule has 0 unspecified atom stereocenters. The van der Waals surface area contributed by atoms with Crippen LogP contribution >= 0.6 is 0 Å². The van der Waals surface area contributed by atoms with Gasteiger partial charge in [-0.1, -0.05) is 0 Å². The minimum Gasteiger partial charge on any atom is -0.508 e. The SMILES string of the molecule is Oc1ccc(OCc2nccn2C(F)F)cc1. The predicted molar refractivity (Wildman–Crippen MR) is 55.9 cm³/mol. The van der Waals surface area contributed by atoms with Gasteiger partial charge in [0.15, 0.2) is 5.82 Å². The van der Waals surface area contributed by atoms with E-state index < -0.39 is 6.55 Å². The highest BCUT2D eigenvalue weighted by Gasteiger charge is 2.11. The molecule has 0 atom stereocenters. The van der Waals surface area contributed by atoms with Gasteiger partial charge in [-0.25, -0.2) is 4.98 Å². The standard InChI is InChI=1S/C11H10F2N2O2/c12-11(13)15-6-5-14-10(15)7-17-9-3-1-8(16)2-4-9/h1-6,11,16H,7H2. The molecule has 4 nitrogen and oxygen atoms in total. The van der Waals surface area contributed by atoms with Crippen LogP contribution in [0.2, 0.25) is 0 Å². The zero-order chi connectivity index (χ0) is 12.3. The molecule has 0 saturated carbocycles. The number of ether oxygens (including phenoxy) is 1. The summed E-state index contributed by atoms with van der Waals surface area (Å²) < 4.78 is 31.0. The van der Waals surface area contributed by atoms with E-state index >= 15 is 0 Å². The van der Waals surface area contributed by atoms with Gasteiger partial charge in [-0.15, -0.1) is 0 Å². The number of imidazole rings is 1. The van der Waals surface area contributed by atoms with Crippen molar-refractivity contribution in [2.45, 2.75) is 13.2 Å². The third kappa shape index (κ3) is 2.72. The zero-order valence-electron chi connectivity index (χ0n) is 8.75. The fourth-order valence-electron chi connectivity index (χ4n) is 1.32. The Bertz CT molecular complexity index is 482. The molecule has 17 heavy (non-hydrogen) atoms. The summed E-state index contributed by atoms with van der Waals surface area (Å²) in [7, 11) is 0. The van der Waals surface area contributed by atoms with Crippen LogP contribution in [0.15, 0.2) is 36.7 Å². The Morgan fingerprint density at radius 2 is 2.00 bits per heavy atom. The average molecular weight is 240 g/mol. The second-order valence-electron chi connectivity index (χ2n) is 3.31. The summed E-state index contributed by atoms with van der Waals surface area (Å²) in [6.07, 6.45) is 2.49. The van der Waals surface area contributed by atoms with E-state index in [0.29, 0.717) is 5.75 Å². The molecule has 0 amide bonds. The van der Waals surface area contributed by atoms with Gasteiger partial charge in [0.05, 0.1) is 0 Å². The topological polar surface area (TPSA) is 47.3 Å². The lowest BCUT2D eigenvalue weighted by molar-refractivity contribution is 0.0632. The van der Waals surface area contributed by atoms with Gasteiger partial charge in [0.25, 0.3) is 0 Å². The van der Waals surface area contributed by atoms with Gasteiger partial charge in [0.1, 0.15) is 18.1 Å². The molecule has 0 aliphatic rings. The van der Waals surface area contributed by atoms with Crippen LogP contribution in [0.5, 0.6) is 11.5 Å². The molecule has 6 heteroatoms. The van der Waals surface area contributed by atoms with E-state index in [2.05, 4.69) is 4.98 Å². The first-order valence-corrected chi connectivity index (χ1v) is 4.88. The van der Waals surface area contributed by atoms with Gasteiger partial charge in [-0.2, -0.15) is 8.78 Å².